The van der Waals surface area contributed by atoms with Gasteiger partial charge < -0.3 is 24.9 Å². The van der Waals surface area contributed by atoms with Crippen molar-refractivity contribution < 1.29 is 29.3 Å². The summed E-state index contributed by atoms with van der Waals surface area (Å²) in [6.07, 6.45) is -3.86. The first-order valence-electron chi connectivity index (χ1n) is 5.06. The van der Waals surface area contributed by atoms with Crippen LogP contribution < -0.4 is 10.5 Å². The SMILES string of the molecule is O=c1ncc(F)cn1O[C@H]1O[C@H](CO)[C@@H](O)[C@H]1O. The van der Waals surface area contributed by atoms with Crippen molar-refractivity contribution in [3.63, 3.8) is 0 Å². The van der Waals surface area contributed by atoms with Crippen molar-refractivity contribution >= 4 is 0 Å². The molecular formula is C9H11FN2O6. The van der Waals surface area contributed by atoms with Gasteiger partial charge in [0.05, 0.1) is 19.0 Å². The molecule has 2 rings (SSSR count). The summed E-state index contributed by atoms with van der Waals surface area (Å²) in [4.78, 5) is 19.2. The second kappa shape index (κ2) is 4.98. The molecule has 0 aromatic carbocycles. The molecule has 8 nitrogen and oxygen atoms in total. The lowest BCUT2D eigenvalue weighted by molar-refractivity contribution is -0.174. The monoisotopic (exact) mass is 262 g/mol. The fourth-order valence-corrected chi connectivity index (χ4v) is 1.51. The summed E-state index contributed by atoms with van der Waals surface area (Å²) in [7, 11) is 0. The highest BCUT2D eigenvalue weighted by Crippen LogP contribution is 2.20. The maximum Gasteiger partial charge on any atom is 0.380 e. The smallest absolute Gasteiger partial charge is 0.380 e. The summed E-state index contributed by atoms with van der Waals surface area (Å²) in [5.41, 5.74) is -0.908. The summed E-state index contributed by atoms with van der Waals surface area (Å²) < 4.78 is 18.2. The summed E-state index contributed by atoms with van der Waals surface area (Å²) in [5.74, 6) is -0.818. The van der Waals surface area contributed by atoms with Crippen LogP contribution in [0.1, 0.15) is 0 Å². The maximum absolute atomic E-state index is 12.8. The molecule has 0 saturated carbocycles. The number of aromatic nitrogens is 2. The van der Waals surface area contributed by atoms with E-state index in [1.807, 2.05) is 0 Å². The lowest BCUT2D eigenvalue weighted by Gasteiger charge is -2.16. The molecule has 1 aliphatic heterocycles. The first-order chi connectivity index (χ1) is 8.52. The summed E-state index contributed by atoms with van der Waals surface area (Å²) in [6.45, 7) is -0.533. The number of hydrogen-bond donors (Lipinski definition) is 3. The lowest BCUT2D eigenvalue weighted by atomic mass is 10.1. The molecule has 1 fully saturated rings. The van der Waals surface area contributed by atoms with Crippen LogP contribution in [0.25, 0.3) is 0 Å². The quantitative estimate of drug-likeness (QED) is 0.541. The molecule has 0 bridgehead atoms. The molecule has 1 aliphatic rings. The Morgan fingerprint density at radius 1 is 1.50 bits per heavy atom. The van der Waals surface area contributed by atoms with Gasteiger partial charge in [-0.15, -0.1) is 4.73 Å². The van der Waals surface area contributed by atoms with Crippen molar-refractivity contribution in [2.75, 3.05) is 6.61 Å². The maximum atomic E-state index is 12.8. The number of rotatable bonds is 3. The van der Waals surface area contributed by atoms with Gasteiger partial charge in [0.15, 0.2) is 5.82 Å². The largest absolute Gasteiger partial charge is 0.394 e. The topological polar surface area (TPSA) is 114 Å². The van der Waals surface area contributed by atoms with Crippen LogP contribution in [0, 0.1) is 5.82 Å². The minimum absolute atomic E-state index is 0.440. The molecule has 1 saturated heterocycles. The van der Waals surface area contributed by atoms with E-state index in [-0.39, 0.29) is 0 Å². The van der Waals surface area contributed by atoms with Gasteiger partial charge in [-0.2, -0.15) is 4.98 Å². The summed E-state index contributed by atoms with van der Waals surface area (Å²) in [6, 6.07) is 0. The van der Waals surface area contributed by atoms with Gasteiger partial charge in [-0.05, 0) is 0 Å². The van der Waals surface area contributed by atoms with E-state index in [1.54, 1.807) is 0 Å². The molecule has 100 valence electrons. The van der Waals surface area contributed by atoms with Crippen LogP contribution in [0.15, 0.2) is 17.2 Å². The molecule has 4 atom stereocenters. The molecule has 1 aromatic heterocycles. The van der Waals surface area contributed by atoms with E-state index < -0.39 is 42.7 Å². The van der Waals surface area contributed by atoms with Crippen molar-refractivity contribution in [2.24, 2.45) is 0 Å². The molecule has 2 heterocycles. The Bertz CT molecular complexity index is 480. The molecule has 3 N–H and O–H groups in total. The van der Waals surface area contributed by atoms with E-state index in [1.165, 1.54) is 0 Å². The fourth-order valence-electron chi connectivity index (χ4n) is 1.51. The van der Waals surface area contributed by atoms with Gasteiger partial charge in [-0.3, -0.25) is 0 Å². The van der Waals surface area contributed by atoms with Crippen molar-refractivity contribution in [3.8, 4) is 0 Å². The van der Waals surface area contributed by atoms with E-state index in [4.69, 9.17) is 14.7 Å². The molecule has 18 heavy (non-hydrogen) atoms. The van der Waals surface area contributed by atoms with Gasteiger partial charge in [0.25, 0.3) is 6.29 Å². The van der Waals surface area contributed by atoms with Gasteiger partial charge >= 0.3 is 5.69 Å². The first-order valence-corrected chi connectivity index (χ1v) is 5.06. The van der Waals surface area contributed by atoms with Gasteiger partial charge in [0.1, 0.15) is 18.3 Å². The van der Waals surface area contributed by atoms with E-state index in [9.17, 15) is 19.4 Å². The number of aliphatic hydroxyl groups is 3. The van der Waals surface area contributed by atoms with Crippen LogP contribution in [-0.4, -0.2) is 56.2 Å². The Morgan fingerprint density at radius 2 is 2.22 bits per heavy atom. The molecule has 1 aromatic rings. The van der Waals surface area contributed by atoms with Crippen LogP contribution in [0.3, 0.4) is 0 Å². The molecular weight excluding hydrogens is 251 g/mol. The minimum atomic E-state index is -1.47. The van der Waals surface area contributed by atoms with E-state index in [0.29, 0.717) is 17.1 Å². The van der Waals surface area contributed by atoms with Gasteiger partial charge in [0, 0.05) is 0 Å². The zero-order valence-corrected chi connectivity index (χ0v) is 9.01. The minimum Gasteiger partial charge on any atom is -0.394 e. The summed E-state index contributed by atoms with van der Waals surface area (Å²) in [5, 5.41) is 27.8. The third kappa shape index (κ3) is 2.34. The van der Waals surface area contributed by atoms with Crippen LogP contribution in [0.2, 0.25) is 0 Å². The Kier molecular flexibility index (Phi) is 3.57. The average molecular weight is 262 g/mol. The van der Waals surface area contributed by atoms with E-state index in [0.717, 1.165) is 0 Å². The normalized spacial score (nSPS) is 31.6. The van der Waals surface area contributed by atoms with Crippen molar-refractivity contribution in [2.45, 2.75) is 24.6 Å². The van der Waals surface area contributed by atoms with Crippen molar-refractivity contribution in [1.29, 1.82) is 0 Å². The second-order valence-corrected chi connectivity index (χ2v) is 3.69. The highest BCUT2D eigenvalue weighted by Gasteiger charge is 2.44. The number of halogens is 1. The number of nitrogens with zero attached hydrogens (tertiary/aromatic N) is 2. The molecule has 0 unspecified atom stereocenters. The predicted octanol–water partition coefficient (Wildman–Crippen LogP) is -2.75. The Hall–Kier alpha value is -1.55. The van der Waals surface area contributed by atoms with Crippen LogP contribution in [0.4, 0.5) is 4.39 Å². The van der Waals surface area contributed by atoms with Crippen LogP contribution >= 0.6 is 0 Å². The molecule has 0 radical (unpaired) electrons. The molecule has 0 amide bonds. The highest BCUT2D eigenvalue weighted by molar-refractivity contribution is 4.88. The summed E-state index contributed by atoms with van der Waals surface area (Å²) >= 11 is 0. The van der Waals surface area contributed by atoms with Crippen molar-refractivity contribution in [1.82, 2.24) is 9.71 Å². The first kappa shape index (κ1) is 12.9. The molecule has 0 aliphatic carbocycles. The molecule has 0 spiro atoms. The number of hydrogen-bond acceptors (Lipinski definition) is 7. The van der Waals surface area contributed by atoms with Gasteiger partial charge in [-0.1, -0.05) is 0 Å². The highest BCUT2D eigenvalue weighted by atomic mass is 19.1. The Labute approximate surface area is 99.8 Å². The average Bonchev–Trinajstić information content (AvgIpc) is 2.62. The van der Waals surface area contributed by atoms with Gasteiger partial charge in [0.2, 0.25) is 0 Å². The number of ether oxygens (including phenoxy) is 1. The lowest BCUT2D eigenvalue weighted by Crippen LogP contribution is -2.41. The third-order valence-corrected chi connectivity index (χ3v) is 2.44. The van der Waals surface area contributed by atoms with Crippen LogP contribution in [0.5, 0.6) is 0 Å². The second-order valence-electron chi connectivity index (χ2n) is 3.69. The van der Waals surface area contributed by atoms with E-state index in [2.05, 4.69) is 4.98 Å². The van der Waals surface area contributed by atoms with Gasteiger partial charge in [-0.25, -0.2) is 9.18 Å². The fraction of sp³-hybridized carbons (Fsp3) is 0.556. The number of aliphatic hydroxyl groups excluding tert-OH is 3. The van der Waals surface area contributed by atoms with Crippen molar-refractivity contribution in [3.05, 3.63) is 28.7 Å². The predicted molar refractivity (Wildman–Crippen MR) is 52.8 cm³/mol. The van der Waals surface area contributed by atoms with E-state index >= 15 is 0 Å². The Morgan fingerprint density at radius 3 is 2.83 bits per heavy atom. The molecule has 9 heteroatoms. The third-order valence-electron chi connectivity index (χ3n) is 2.44. The zero-order chi connectivity index (χ0) is 13.3. The zero-order valence-electron chi connectivity index (χ0n) is 9.01. The standard InChI is InChI=1S/C9H11FN2O6/c10-4-1-11-9(16)12(2-4)18-8-7(15)6(14)5(3-13)17-8/h1-2,5-8,13-15H,3H2/t5-,6-,7-,8-/m1/s1. The Balaban J connectivity index is 2.15. The van der Waals surface area contributed by atoms with Crippen LogP contribution in [-0.2, 0) is 4.74 Å².